The van der Waals surface area contributed by atoms with Crippen molar-refractivity contribution in [3.8, 4) is 11.8 Å². The van der Waals surface area contributed by atoms with Crippen LogP contribution in [0.1, 0.15) is 6.42 Å². The highest BCUT2D eigenvalue weighted by Crippen LogP contribution is 2.74. The van der Waals surface area contributed by atoms with Crippen LogP contribution in [0.5, 0.6) is 11.8 Å². The Morgan fingerprint density at radius 2 is 2.10 bits per heavy atom. The third-order valence-electron chi connectivity index (χ3n) is 2.54. The number of methoxy groups -OCH3 is 2. The molecule has 1 saturated heterocycles. The van der Waals surface area contributed by atoms with Gasteiger partial charge in [-0.2, -0.15) is 9.97 Å². The van der Waals surface area contributed by atoms with Crippen molar-refractivity contribution >= 4 is 35.6 Å². The molecule has 0 amide bonds. The quantitative estimate of drug-likeness (QED) is 0.626. The van der Waals surface area contributed by atoms with Crippen LogP contribution in [-0.2, 0) is 4.79 Å². The van der Waals surface area contributed by atoms with E-state index in [1.54, 1.807) is 16.9 Å². The number of nitrogens with zero attached hydrogens (tertiary/aromatic N) is 2. The summed E-state index contributed by atoms with van der Waals surface area (Å²) < 4.78 is 10.2. The van der Waals surface area contributed by atoms with E-state index in [2.05, 4.69) is 9.97 Å². The first kappa shape index (κ1) is 15.6. The lowest BCUT2D eigenvalue weighted by molar-refractivity contribution is -0.133. The van der Waals surface area contributed by atoms with Gasteiger partial charge in [0.1, 0.15) is 0 Å². The van der Waals surface area contributed by atoms with Gasteiger partial charge in [-0.3, -0.25) is 4.79 Å². The van der Waals surface area contributed by atoms with Crippen molar-refractivity contribution in [3.63, 3.8) is 0 Å². The molecule has 0 radical (unpaired) electrons. The Labute approximate surface area is 126 Å². The monoisotopic (exact) mass is 336 g/mol. The number of carboxylic acids is 1. The summed E-state index contributed by atoms with van der Waals surface area (Å²) in [7, 11) is 4.90. The minimum Gasteiger partial charge on any atom is -0.481 e. The maximum atomic E-state index is 11.1. The van der Waals surface area contributed by atoms with Crippen molar-refractivity contribution in [2.75, 3.05) is 31.5 Å². The molecule has 1 aliphatic heterocycles. The fourth-order valence-electron chi connectivity index (χ4n) is 1.71. The van der Waals surface area contributed by atoms with Crippen LogP contribution in [0.2, 0.25) is 0 Å². The van der Waals surface area contributed by atoms with Gasteiger partial charge in [-0.05, 0) is 23.0 Å². The van der Waals surface area contributed by atoms with Gasteiger partial charge in [-0.15, -0.1) is 18.9 Å². The molecule has 1 atom stereocenters. The van der Waals surface area contributed by atoms with Crippen molar-refractivity contribution in [2.24, 2.45) is 0 Å². The van der Waals surface area contributed by atoms with E-state index >= 15 is 0 Å². The van der Waals surface area contributed by atoms with Crippen LogP contribution in [0.15, 0.2) is 11.2 Å². The number of hydrogen-bond acceptors (Lipinski definition) is 7. The minimum atomic E-state index is -1.37. The first-order chi connectivity index (χ1) is 9.57. The van der Waals surface area contributed by atoms with E-state index in [4.69, 9.17) is 14.6 Å². The Balaban J connectivity index is 2.24. The topological polar surface area (TPSA) is 81.5 Å². The number of aromatic nitrogens is 2. The molecule has 1 N–H and O–H groups in total. The molecule has 1 aliphatic rings. The summed E-state index contributed by atoms with van der Waals surface area (Å²) in [6, 6.07) is 1.60. The zero-order chi connectivity index (χ0) is 14.6. The second kappa shape index (κ2) is 6.77. The number of carbonyl (C=O) groups is 1. The van der Waals surface area contributed by atoms with Gasteiger partial charge in [-0.1, -0.05) is 0 Å². The lowest BCUT2D eigenvalue weighted by Gasteiger charge is -2.30. The third kappa shape index (κ3) is 3.86. The van der Waals surface area contributed by atoms with Gasteiger partial charge in [0.15, 0.2) is 0 Å². The van der Waals surface area contributed by atoms with Crippen LogP contribution in [0, 0.1) is 0 Å². The molecule has 0 saturated carbocycles. The van der Waals surface area contributed by atoms with E-state index in [1.807, 2.05) is 0 Å². The Morgan fingerprint density at radius 3 is 2.55 bits per heavy atom. The molecule has 0 aromatic carbocycles. The van der Waals surface area contributed by atoms with Crippen molar-refractivity contribution < 1.29 is 19.4 Å². The van der Waals surface area contributed by atoms with E-state index < -0.39 is 14.1 Å². The predicted octanol–water partition coefficient (Wildman–Crippen LogP) is 2.44. The summed E-state index contributed by atoms with van der Waals surface area (Å²) >= 11 is 0. The summed E-state index contributed by atoms with van der Waals surface area (Å²) in [6.07, 6.45) is 1.04. The second-order valence-electron chi connectivity index (χ2n) is 3.98. The standard InChI is InChI=1S/C11H16N2O4S3/c1-16-8-6-9(17-2)13-11(12-8)19-20(7-10(14)15)5-3-4-18-20/h6H,3-5,7H2,1-2H3,(H,14,15). The molecule has 6 nitrogen and oxygen atoms in total. The highest BCUT2D eigenvalue weighted by atomic mass is 33.6. The molecule has 0 spiro atoms. The van der Waals surface area contributed by atoms with Gasteiger partial charge in [-0.25, -0.2) is 0 Å². The Bertz CT molecular complexity index is 472. The fourth-order valence-corrected chi connectivity index (χ4v) is 10.9. The normalized spacial score (nSPS) is 24.9. The molecule has 0 bridgehead atoms. The van der Waals surface area contributed by atoms with E-state index in [0.717, 1.165) is 17.9 Å². The number of ether oxygens (including phenoxy) is 2. The van der Waals surface area contributed by atoms with Crippen molar-refractivity contribution in [3.05, 3.63) is 6.07 Å². The molecule has 1 unspecified atom stereocenters. The van der Waals surface area contributed by atoms with Gasteiger partial charge >= 0.3 is 5.97 Å². The maximum Gasteiger partial charge on any atom is 0.313 e. The molecule has 20 heavy (non-hydrogen) atoms. The second-order valence-corrected chi connectivity index (χ2v) is 13.0. The zero-order valence-corrected chi connectivity index (χ0v) is 13.6. The average Bonchev–Trinajstić information content (AvgIpc) is 2.85. The lowest BCUT2D eigenvalue weighted by Crippen LogP contribution is -2.09. The van der Waals surface area contributed by atoms with Crippen LogP contribution in [0.3, 0.4) is 0 Å². The van der Waals surface area contributed by atoms with Crippen molar-refractivity contribution in [2.45, 2.75) is 11.6 Å². The summed E-state index contributed by atoms with van der Waals surface area (Å²) in [5, 5.41) is 9.64. The van der Waals surface area contributed by atoms with Crippen LogP contribution in [-0.4, -0.2) is 52.5 Å². The van der Waals surface area contributed by atoms with Gasteiger partial charge in [0, 0.05) is 5.75 Å². The molecule has 0 aliphatic carbocycles. The van der Waals surface area contributed by atoms with Crippen molar-refractivity contribution in [1.82, 2.24) is 9.97 Å². The Kier molecular flexibility index (Phi) is 5.28. The van der Waals surface area contributed by atoms with E-state index in [0.29, 0.717) is 16.9 Å². The molecular weight excluding hydrogens is 320 g/mol. The lowest BCUT2D eigenvalue weighted by atomic mass is 10.6. The highest BCUT2D eigenvalue weighted by Gasteiger charge is 2.34. The van der Waals surface area contributed by atoms with E-state index in [1.165, 1.54) is 25.0 Å². The predicted molar refractivity (Wildman–Crippen MR) is 83.0 cm³/mol. The Morgan fingerprint density at radius 1 is 1.45 bits per heavy atom. The van der Waals surface area contributed by atoms with Crippen molar-refractivity contribution in [1.29, 1.82) is 0 Å². The average molecular weight is 336 g/mol. The molecule has 2 heterocycles. The first-order valence-electron chi connectivity index (χ1n) is 5.88. The molecule has 1 aromatic heterocycles. The van der Waals surface area contributed by atoms with Gasteiger partial charge in [0.05, 0.1) is 26.0 Å². The Hall–Kier alpha value is -0.800. The van der Waals surface area contributed by atoms with Crippen LogP contribution >= 0.6 is 29.7 Å². The van der Waals surface area contributed by atoms with Crippen LogP contribution < -0.4 is 9.47 Å². The summed E-state index contributed by atoms with van der Waals surface area (Å²) in [5.41, 5.74) is 0. The summed E-state index contributed by atoms with van der Waals surface area (Å²) in [5.74, 6) is 2.16. The third-order valence-corrected chi connectivity index (χ3v) is 12.0. The first-order valence-corrected chi connectivity index (χ1v) is 10.7. The molecule has 1 fully saturated rings. The van der Waals surface area contributed by atoms with Crippen LogP contribution in [0.25, 0.3) is 0 Å². The molecule has 112 valence electrons. The van der Waals surface area contributed by atoms with Gasteiger partial charge in [0.2, 0.25) is 16.9 Å². The number of aliphatic carboxylic acids is 1. The molecular formula is C11H16N2O4S3. The van der Waals surface area contributed by atoms with Gasteiger partial charge in [0.25, 0.3) is 0 Å². The SMILES string of the molecule is COc1cc(OC)nc(SS2(CC(=O)O)CCCS2)n1. The largest absolute Gasteiger partial charge is 0.481 e. The fraction of sp³-hybridized carbons (Fsp3) is 0.545. The number of carboxylic acid groups (broad SMARTS) is 1. The van der Waals surface area contributed by atoms with E-state index in [-0.39, 0.29) is 5.75 Å². The molecule has 1 aromatic rings. The molecule has 9 heteroatoms. The van der Waals surface area contributed by atoms with Crippen LogP contribution in [0.4, 0.5) is 0 Å². The smallest absolute Gasteiger partial charge is 0.313 e. The maximum absolute atomic E-state index is 11.1. The summed E-state index contributed by atoms with van der Waals surface area (Å²) in [4.78, 5) is 19.7. The minimum absolute atomic E-state index is 0.172. The van der Waals surface area contributed by atoms with E-state index in [9.17, 15) is 4.79 Å². The summed E-state index contributed by atoms with van der Waals surface area (Å²) in [6.45, 7) is 0. The molecule has 2 rings (SSSR count). The number of hydrogen-bond donors (Lipinski definition) is 1. The van der Waals surface area contributed by atoms with Gasteiger partial charge < -0.3 is 14.6 Å². The number of rotatable bonds is 6. The zero-order valence-electron chi connectivity index (χ0n) is 11.2. The highest BCUT2D eigenvalue weighted by molar-refractivity contribution is 9.25.